The number of nitrogens with zero attached hydrogens (tertiary/aromatic N) is 3. The van der Waals surface area contributed by atoms with Crippen molar-refractivity contribution in [2.75, 3.05) is 22.7 Å². The molecule has 1 saturated heterocycles. The highest BCUT2D eigenvalue weighted by atomic mass is 32.2. The van der Waals surface area contributed by atoms with Gasteiger partial charge in [0.2, 0.25) is 0 Å². The molecule has 7 nitrogen and oxygen atoms in total. The molecule has 3 aromatic rings. The third-order valence-electron chi connectivity index (χ3n) is 5.33. The summed E-state index contributed by atoms with van der Waals surface area (Å²) in [5.41, 5.74) is 2.49. The first-order valence-electron chi connectivity index (χ1n) is 10.3. The number of hydrogen-bond donors (Lipinski definition) is 1. The lowest BCUT2D eigenvalue weighted by Crippen LogP contribution is -2.30. The number of rotatable bonds is 6. The number of nitrogens with one attached hydrogen (secondary N) is 1. The molecule has 4 rings (SSSR count). The van der Waals surface area contributed by atoms with E-state index in [0.29, 0.717) is 11.3 Å². The highest BCUT2D eigenvalue weighted by molar-refractivity contribution is 7.92. The molecule has 0 radical (unpaired) electrons. The van der Waals surface area contributed by atoms with E-state index in [1.165, 1.54) is 50.5 Å². The molecule has 1 aliphatic heterocycles. The molecular formula is C23H24N4O3S. The van der Waals surface area contributed by atoms with Crippen molar-refractivity contribution in [3.63, 3.8) is 0 Å². The summed E-state index contributed by atoms with van der Waals surface area (Å²) in [6.07, 6.45) is 3.63. The van der Waals surface area contributed by atoms with Crippen LogP contribution >= 0.6 is 0 Å². The third-order valence-corrected chi connectivity index (χ3v) is 6.73. The van der Waals surface area contributed by atoms with E-state index in [-0.39, 0.29) is 10.7 Å². The van der Waals surface area contributed by atoms with Gasteiger partial charge in [0.25, 0.3) is 10.0 Å². The summed E-state index contributed by atoms with van der Waals surface area (Å²) in [6.45, 7) is 3.47. The maximum Gasteiger partial charge on any atom is 0.261 e. The third kappa shape index (κ3) is 4.91. The van der Waals surface area contributed by atoms with Crippen LogP contribution in [0, 0.1) is 0 Å². The fourth-order valence-corrected chi connectivity index (χ4v) is 4.62. The Morgan fingerprint density at radius 3 is 2.13 bits per heavy atom. The summed E-state index contributed by atoms with van der Waals surface area (Å²) in [5, 5.41) is 8.70. The van der Waals surface area contributed by atoms with Crippen molar-refractivity contribution in [1.82, 2.24) is 10.2 Å². The molecule has 1 N–H and O–H groups in total. The minimum Gasteiger partial charge on any atom is -0.355 e. The summed E-state index contributed by atoms with van der Waals surface area (Å²) >= 11 is 0. The van der Waals surface area contributed by atoms with Crippen LogP contribution in [0.15, 0.2) is 65.6 Å². The van der Waals surface area contributed by atoms with E-state index in [9.17, 15) is 13.2 Å². The second-order valence-corrected chi connectivity index (χ2v) is 9.27. The van der Waals surface area contributed by atoms with Crippen molar-refractivity contribution in [1.29, 1.82) is 0 Å². The Morgan fingerprint density at radius 2 is 1.55 bits per heavy atom. The largest absolute Gasteiger partial charge is 0.355 e. The monoisotopic (exact) mass is 436 g/mol. The Balaban J connectivity index is 1.45. The van der Waals surface area contributed by atoms with Crippen LogP contribution in [0.2, 0.25) is 0 Å². The predicted molar refractivity (Wildman–Crippen MR) is 121 cm³/mol. The topological polar surface area (TPSA) is 92.3 Å². The number of sulfonamides is 1. The van der Waals surface area contributed by atoms with Crippen molar-refractivity contribution in [2.45, 2.75) is 31.1 Å². The summed E-state index contributed by atoms with van der Waals surface area (Å²) < 4.78 is 27.8. The van der Waals surface area contributed by atoms with Crippen LogP contribution in [0.25, 0.3) is 11.3 Å². The predicted octanol–water partition coefficient (Wildman–Crippen LogP) is 4.14. The van der Waals surface area contributed by atoms with Gasteiger partial charge >= 0.3 is 0 Å². The van der Waals surface area contributed by atoms with E-state index in [1.807, 2.05) is 12.1 Å². The average Bonchev–Trinajstić information content (AvgIpc) is 2.80. The molecule has 1 aliphatic rings. The number of Topliss-reactive ketones (excluding diaryl/α,β-unsaturated/α-hetero) is 1. The summed E-state index contributed by atoms with van der Waals surface area (Å²) in [4.78, 5) is 13.7. The van der Waals surface area contributed by atoms with E-state index in [0.717, 1.165) is 30.2 Å². The van der Waals surface area contributed by atoms with Crippen LogP contribution < -0.4 is 9.62 Å². The van der Waals surface area contributed by atoms with Gasteiger partial charge < -0.3 is 4.90 Å². The van der Waals surface area contributed by atoms with E-state index >= 15 is 0 Å². The van der Waals surface area contributed by atoms with Crippen molar-refractivity contribution in [3.8, 4) is 11.3 Å². The van der Waals surface area contributed by atoms with Gasteiger partial charge in [0.05, 0.1) is 10.6 Å². The molecule has 2 heterocycles. The number of carbonyl (C=O) groups is 1. The highest BCUT2D eigenvalue weighted by Crippen LogP contribution is 2.23. The van der Waals surface area contributed by atoms with Crippen LogP contribution in [-0.2, 0) is 10.0 Å². The SMILES string of the molecule is CC(=O)c1ccc(S(=O)(=O)Nc2ccc(-c3ccc(N4CCCCC4)nn3)cc2)cc1. The normalized spacial score (nSPS) is 14.3. The molecule has 8 heteroatoms. The van der Waals surface area contributed by atoms with E-state index in [1.54, 1.807) is 24.3 Å². The Labute approximate surface area is 182 Å². The smallest absolute Gasteiger partial charge is 0.261 e. The average molecular weight is 437 g/mol. The van der Waals surface area contributed by atoms with Gasteiger partial charge in [-0.05, 0) is 62.6 Å². The lowest BCUT2D eigenvalue weighted by molar-refractivity contribution is 0.101. The molecule has 0 saturated carbocycles. The number of anilines is 2. The fourth-order valence-electron chi connectivity index (χ4n) is 3.56. The molecule has 160 valence electrons. The first-order chi connectivity index (χ1) is 14.9. The van der Waals surface area contributed by atoms with E-state index in [2.05, 4.69) is 19.8 Å². The summed E-state index contributed by atoms with van der Waals surface area (Å²) in [7, 11) is -3.75. The second kappa shape index (κ2) is 8.85. The molecule has 0 atom stereocenters. The molecule has 0 bridgehead atoms. The first-order valence-corrected chi connectivity index (χ1v) is 11.7. The second-order valence-electron chi connectivity index (χ2n) is 7.59. The molecule has 0 aliphatic carbocycles. The molecule has 31 heavy (non-hydrogen) atoms. The summed E-state index contributed by atoms with van der Waals surface area (Å²) in [6, 6.07) is 16.8. The summed E-state index contributed by atoms with van der Waals surface area (Å²) in [5.74, 6) is 0.781. The zero-order chi connectivity index (χ0) is 21.8. The molecule has 0 spiro atoms. The van der Waals surface area contributed by atoms with Crippen molar-refractivity contribution in [3.05, 3.63) is 66.2 Å². The van der Waals surface area contributed by atoms with Crippen molar-refractivity contribution < 1.29 is 13.2 Å². The maximum atomic E-state index is 12.6. The van der Waals surface area contributed by atoms with Crippen LogP contribution in [0.5, 0.6) is 0 Å². The Morgan fingerprint density at radius 1 is 0.871 bits per heavy atom. The van der Waals surface area contributed by atoms with Crippen LogP contribution in [0.4, 0.5) is 11.5 Å². The van der Waals surface area contributed by atoms with E-state index < -0.39 is 10.0 Å². The van der Waals surface area contributed by atoms with Crippen LogP contribution in [0.1, 0.15) is 36.5 Å². The molecular weight excluding hydrogens is 412 g/mol. The number of benzene rings is 2. The Bertz CT molecular complexity index is 1150. The molecule has 0 amide bonds. The number of piperidine rings is 1. The Kier molecular flexibility index (Phi) is 5.99. The van der Waals surface area contributed by atoms with Gasteiger partial charge in [-0.25, -0.2) is 8.42 Å². The first kappa shape index (κ1) is 21.0. The lowest BCUT2D eigenvalue weighted by Gasteiger charge is -2.27. The Hall–Kier alpha value is -3.26. The van der Waals surface area contributed by atoms with Gasteiger partial charge in [0.1, 0.15) is 0 Å². The number of aromatic nitrogens is 2. The molecule has 1 fully saturated rings. The van der Waals surface area contributed by atoms with Gasteiger partial charge in [-0.1, -0.05) is 24.3 Å². The number of carbonyl (C=O) groups excluding carboxylic acids is 1. The fraction of sp³-hybridized carbons (Fsp3) is 0.261. The van der Waals surface area contributed by atoms with Crippen LogP contribution in [0.3, 0.4) is 0 Å². The maximum absolute atomic E-state index is 12.6. The minimum atomic E-state index is -3.75. The molecule has 1 aromatic heterocycles. The van der Waals surface area contributed by atoms with Gasteiger partial charge in [0.15, 0.2) is 11.6 Å². The number of ketones is 1. The van der Waals surface area contributed by atoms with Gasteiger partial charge in [-0.2, -0.15) is 0 Å². The van der Waals surface area contributed by atoms with Gasteiger partial charge in [-0.15, -0.1) is 10.2 Å². The van der Waals surface area contributed by atoms with Gasteiger partial charge in [-0.3, -0.25) is 9.52 Å². The lowest BCUT2D eigenvalue weighted by atomic mass is 10.1. The zero-order valence-electron chi connectivity index (χ0n) is 17.3. The molecule has 2 aromatic carbocycles. The van der Waals surface area contributed by atoms with Crippen molar-refractivity contribution >= 4 is 27.3 Å². The zero-order valence-corrected chi connectivity index (χ0v) is 18.1. The standard InChI is InChI=1S/C23H24N4O3S/c1-17(28)18-7-11-21(12-8-18)31(29,30)26-20-9-5-19(6-10-20)22-13-14-23(25-24-22)27-15-3-2-4-16-27/h5-14,26H,2-4,15-16H2,1H3. The van der Waals surface area contributed by atoms with Gasteiger partial charge in [0, 0.05) is 29.9 Å². The number of hydrogen-bond acceptors (Lipinski definition) is 6. The molecule has 0 unspecified atom stereocenters. The quantitative estimate of drug-likeness (QED) is 0.584. The highest BCUT2D eigenvalue weighted by Gasteiger charge is 2.15. The van der Waals surface area contributed by atoms with E-state index in [4.69, 9.17) is 0 Å². The van der Waals surface area contributed by atoms with Crippen LogP contribution in [-0.4, -0.2) is 37.5 Å². The minimum absolute atomic E-state index is 0.0979. The van der Waals surface area contributed by atoms with Crippen molar-refractivity contribution in [2.24, 2.45) is 0 Å².